The number of nitriles is 1. The number of benzene rings is 3. The number of nitrogens with one attached hydrogen (secondary N) is 2. The van der Waals surface area contributed by atoms with E-state index >= 15 is 0 Å². The maximum Gasteiger partial charge on any atom is 0.175 e. The molecule has 0 fully saturated rings. The molecule has 0 aliphatic heterocycles. The SMILES string of the molecule is N#Cc1cccc(NC(=S)Nc2ccc(Oc3ccccc3)cc2)c1. The van der Waals surface area contributed by atoms with Gasteiger partial charge in [-0.1, -0.05) is 24.3 Å². The second kappa shape index (κ2) is 7.95. The average molecular weight is 345 g/mol. The summed E-state index contributed by atoms with van der Waals surface area (Å²) in [5, 5.41) is 15.5. The van der Waals surface area contributed by atoms with E-state index in [1.165, 1.54) is 0 Å². The largest absolute Gasteiger partial charge is 0.457 e. The lowest BCUT2D eigenvalue weighted by Gasteiger charge is -2.11. The minimum atomic E-state index is 0.451. The first kappa shape index (κ1) is 16.5. The third-order valence-corrected chi connectivity index (χ3v) is 3.54. The molecule has 3 aromatic rings. The lowest BCUT2D eigenvalue weighted by molar-refractivity contribution is 0.483. The van der Waals surface area contributed by atoms with Gasteiger partial charge in [-0.05, 0) is 66.8 Å². The van der Waals surface area contributed by atoms with E-state index in [2.05, 4.69) is 16.7 Å². The molecule has 122 valence electrons. The molecule has 0 aliphatic rings. The summed E-state index contributed by atoms with van der Waals surface area (Å²) in [5.74, 6) is 1.54. The van der Waals surface area contributed by atoms with Gasteiger partial charge in [0.15, 0.2) is 5.11 Å². The van der Waals surface area contributed by atoms with Crippen LogP contribution in [-0.2, 0) is 0 Å². The van der Waals surface area contributed by atoms with Crippen molar-refractivity contribution in [2.75, 3.05) is 10.6 Å². The molecule has 0 amide bonds. The van der Waals surface area contributed by atoms with E-state index in [9.17, 15) is 0 Å². The molecule has 3 rings (SSSR count). The van der Waals surface area contributed by atoms with E-state index in [0.29, 0.717) is 10.7 Å². The standard InChI is InChI=1S/C20H15N3OS/c21-14-15-5-4-6-17(13-15)23-20(25)22-16-9-11-19(12-10-16)24-18-7-2-1-3-8-18/h1-13H,(H2,22,23,25). The third kappa shape index (κ3) is 4.80. The van der Waals surface area contributed by atoms with Crippen molar-refractivity contribution in [1.29, 1.82) is 5.26 Å². The smallest absolute Gasteiger partial charge is 0.175 e. The van der Waals surface area contributed by atoms with Crippen molar-refractivity contribution in [2.24, 2.45) is 0 Å². The molecule has 2 N–H and O–H groups in total. The quantitative estimate of drug-likeness (QED) is 0.640. The minimum absolute atomic E-state index is 0.451. The molecule has 0 saturated heterocycles. The maximum atomic E-state index is 8.92. The van der Waals surface area contributed by atoms with Gasteiger partial charge in [0.25, 0.3) is 0 Å². The number of hydrogen-bond acceptors (Lipinski definition) is 3. The Morgan fingerprint density at radius 1 is 0.800 bits per heavy atom. The van der Waals surface area contributed by atoms with Crippen LogP contribution in [0.15, 0.2) is 78.9 Å². The molecule has 4 nitrogen and oxygen atoms in total. The molecule has 3 aromatic carbocycles. The van der Waals surface area contributed by atoms with Gasteiger partial charge in [0.2, 0.25) is 0 Å². The summed E-state index contributed by atoms with van der Waals surface area (Å²) in [5.41, 5.74) is 2.19. The molecule has 0 saturated carbocycles. The Kier molecular flexibility index (Phi) is 5.25. The molecular weight excluding hydrogens is 330 g/mol. The van der Waals surface area contributed by atoms with Crippen LogP contribution < -0.4 is 15.4 Å². The van der Waals surface area contributed by atoms with E-state index in [1.807, 2.05) is 60.7 Å². The molecule has 5 heteroatoms. The first-order chi connectivity index (χ1) is 12.2. The number of hydrogen-bond donors (Lipinski definition) is 2. The predicted octanol–water partition coefficient (Wildman–Crippen LogP) is 5.16. The molecule has 25 heavy (non-hydrogen) atoms. The van der Waals surface area contributed by atoms with E-state index in [1.54, 1.807) is 18.2 Å². The number of ether oxygens (including phenoxy) is 1. The summed E-state index contributed by atoms with van der Waals surface area (Å²) < 4.78 is 5.75. The van der Waals surface area contributed by atoms with Crippen LogP contribution in [0.4, 0.5) is 11.4 Å². The summed E-state index contributed by atoms with van der Waals surface area (Å²) in [7, 11) is 0. The summed E-state index contributed by atoms with van der Waals surface area (Å²) in [4.78, 5) is 0. The number of rotatable bonds is 4. The second-order valence-corrected chi connectivity index (χ2v) is 5.62. The van der Waals surface area contributed by atoms with Gasteiger partial charge in [-0.3, -0.25) is 0 Å². The Labute approximate surface area is 151 Å². The number of anilines is 2. The summed E-state index contributed by atoms with van der Waals surface area (Å²) in [6.45, 7) is 0. The zero-order valence-corrected chi connectivity index (χ0v) is 14.1. The molecule has 0 aromatic heterocycles. The van der Waals surface area contributed by atoms with Crippen LogP contribution in [0.1, 0.15) is 5.56 Å². The van der Waals surface area contributed by atoms with Crippen LogP contribution in [0.25, 0.3) is 0 Å². The highest BCUT2D eigenvalue weighted by Crippen LogP contribution is 2.22. The second-order valence-electron chi connectivity index (χ2n) is 5.21. The van der Waals surface area contributed by atoms with E-state index in [-0.39, 0.29) is 0 Å². The molecule has 0 atom stereocenters. The monoisotopic (exact) mass is 345 g/mol. The van der Waals surface area contributed by atoms with Crippen molar-refractivity contribution in [2.45, 2.75) is 0 Å². The summed E-state index contributed by atoms with van der Waals surface area (Å²) >= 11 is 5.30. The summed E-state index contributed by atoms with van der Waals surface area (Å²) in [6, 6.07) is 26.4. The van der Waals surface area contributed by atoms with Gasteiger partial charge in [-0.2, -0.15) is 5.26 Å². The van der Waals surface area contributed by atoms with Crippen molar-refractivity contribution in [3.63, 3.8) is 0 Å². The van der Waals surface area contributed by atoms with Gasteiger partial charge in [0.1, 0.15) is 11.5 Å². The van der Waals surface area contributed by atoms with Crippen LogP contribution in [0, 0.1) is 11.3 Å². The van der Waals surface area contributed by atoms with Crippen molar-refractivity contribution in [3.8, 4) is 17.6 Å². The van der Waals surface area contributed by atoms with E-state index < -0.39 is 0 Å². The van der Waals surface area contributed by atoms with Gasteiger partial charge < -0.3 is 15.4 Å². The molecule has 0 radical (unpaired) electrons. The van der Waals surface area contributed by atoms with Crippen LogP contribution in [0.5, 0.6) is 11.5 Å². The number of para-hydroxylation sites is 1. The van der Waals surface area contributed by atoms with Crippen molar-refractivity contribution < 1.29 is 4.74 Å². The Balaban J connectivity index is 1.59. The molecule has 0 spiro atoms. The number of nitrogens with zero attached hydrogens (tertiary/aromatic N) is 1. The molecule has 0 bridgehead atoms. The minimum Gasteiger partial charge on any atom is -0.457 e. The normalized spacial score (nSPS) is 9.72. The van der Waals surface area contributed by atoms with E-state index in [4.69, 9.17) is 22.2 Å². The van der Waals surface area contributed by atoms with Crippen LogP contribution in [-0.4, -0.2) is 5.11 Å². The first-order valence-corrected chi connectivity index (χ1v) is 8.05. The molecule has 0 aliphatic carbocycles. The Bertz CT molecular complexity index is 902. The fraction of sp³-hybridized carbons (Fsp3) is 0. The number of thiocarbonyl (C=S) groups is 1. The average Bonchev–Trinajstić information content (AvgIpc) is 2.64. The predicted molar refractivity (Wildman–Crippen MR) is 104 cm³/mol. The fourth-order valence-corrected chi connectivity index (χ4v) is 2.43. The van der Waals surface area contributed by atoms with Crippen LogP contribution >= 0.6 is 12.2 Å². The first-order valence-electron chi connectivity index (χ1n) is 7.64. The maximum absolute atomic E-state index is 8.92. The lowest BCUT2D eigenvalue weighted by Crippen LogP contribution is -2.18. The highest BCUT2D eigenvalue weighted by Gasteiger charge is 2.01. The Hall–Kier alpha value is -3.36. The van der Waals surface area contributed by atoms with Gasteiger partial charge in [-0.25, -0.2) is 0 Å². The molecule has 0 unspecified atom stereocenters. The van der Waals surface area contributed by atoms with Gasteiger partial charge in [0.05, 0.1) is 11.6 Å². The van der Waals surface area contributed by atoms with Crippen molar-refractivity contribution in [1.82, 2.24) is 0 Å². The van der Waals surface area contributed by atoms with E-state index in [0.717, 1.165) is 22.9 Å². The van der Waals surface area contributed by atoms with Gasteiger partial charge in [-0.15, -0.1) is 0 Å². The zero-order chi connectivity index (χ0) is 17.5. The Morgan fingerprint density at radius 2 is 1.48 bits per heavy atom. The van der Waals surface area contributed by atoms with Crippen LogP contribution in [0.2, 0.25) is 0 Å². The highest BCUT2D eigenvalue weighted by molar-refractivity contribution is 7.80. The molecular formula is C20H15N3OS. The Morgan fingerprint density at radius 3 is 2.20 bits per heavy atom. The van der Waals surface area contributed by atoms with Gasteiger partial charge >= 0.3 is 0 Å². The topological polar surface area (TPSA) is 57.1 Å². The van der Waals surface area contributed by atoms with Crippen LogP contribution in [0.3, 0.4) is 0 Å². The third-order valence-electron chi connectivity index (χ3n) is 3.34. The van der Waals surface area contributed by atoms with Crippen molar-refractivity contribution in [3.05, 3.63) is 84.4 Å². The van der Waals surface area contributed by atoms with Crippen molar-refractivity contribution >= 4 is 28.7 Å². The lowest BCUT2D eigenvalue weighted by atomic mass is 10.2. The molecule has 0 heterocycles. The highest BCUT2D eigenvalue weighted by atomic mass is 32.1. The zero-order valence-electron chi connectivity index (χ0n) is 13.3. The van der Waals surface area contributed by atoms with Gasteiger partial charge in [0, 0.05) is 11.4 Å². The fourth-order valence-electron chi connectivity index (χ4n) is 2.19. The summed E-state index contributed by atoms with van der Waals surface area (Å²) in [6.07, 6.45) is 0.